The average Bonchev–Trinajstić information content (AvgIpc) is 3.11. The van der Waals surface area contributed by atoms with E-state index in [0.29, 0.717) is 12.8 Å². The number of carbonyl (C=O) groups excluding carboxylic acids is 1. The van der Waals surface area contributed by atoms with Crippen molar-refractivity contribution in [3.63, 3.8) is 0 Å². The smallest absolute Gasteiger partial charge is 0.305 e. The van der Waals surface area contributed by atoms with Gasteiger partial charge in [-0.05, 0) is 30.4 Å². The highest BCUT2D eigenvalue weighted by Crippen LogP contribution is 2.30. The molecule has 3 heterocycles. The molecule has 0 aliphatic carbocycles. The Balaban J connectivity index is 1.91. The van der Waals surface area contributed by atoms with Crippen LogP contribution in [0, 0.1) is 6.92 Å². The summed E-state index contributed by atoms with van der Waals surface area (Å²) in [6, 6.07) is 2.10. The second-order valence-corrected chi connectivity index (χ2v) is 6.27. The lowest BCUT2D eigenvalue weighted by Gasteiger charge is -1.98. The minimum absolute atomic E-state index is 0.182. The van der Waals surface area contributed by atoms with Crippen LogP contribution in [0.15, 0.2) is 23.0 Å². The van der Waals surface area contributed by atoms with E-state index < -0.39 is 0 Å². The van der Waals surface area contributed by atoms with Gasteiger partial charge in [0.1, 0.15) is 5.69 Å². The summed E-state index contributed by atoms with van der Waals surface area (Å²) >= 11 is 3.31. The van der Waals surface area contributed by atoms with Gasteiger partial charge in [-0.25, -0.2) is 4.98 Å². The molecule has 0 bridgehead atoms. The Kier molecular flexibility index (Phi) is 3.58. The molecule has 0 atom stereocenters. The number of imidazole rings is 1. The number of thiophene rings is 1. The van der Waals surface area contributed by atoms with E-state index in [1.807, 2.05) is 0 Å². The fourth-order valence-corrected chi connectivity index (χ4v) is 3.87. The summed E-state index contributed by atoms with van der Waals surface area (Å²) in [5.41, 5.74) is 3.35. The number of hydrogen-bond donors (Lipinski definition) is 0. The molecule has 0 aliphatic heterocycles. The van der Waals surface area contributed by atoms with Gasteiger partial charge in [-0.15, -0.1) is 22.7 Å². The number of ether oxygens (including phenoxy) is 1. The molecule has 0 radical (unpaired) electrons. The predicted octanol–water partition coefficient (Wildman–Crippen LogP) is 3.54. The van der Waals surface area contributed by atoms with Crippen LogP contribution in [-0.4, -0.2) is 22.5 Å². The number of esters is 1. The predicted molar refractivity (Wildman–Crippen MR) is 81.5 cm³/mol. The number of rotatable bonds is 4. The van der Waals surface area contributed by atoms with Crippen molar-refractivity contribution in [1.29, 1.82) is 0 Å². The van der Waals surface area contributed by atoms with Crippen molar-refractivity contribution < 1.29 is 9.53 Å². The van der Waals surface area contributed by atoms with E-state index in [-0.39, 0.29) is 5.97 Å². The number of aryl methyl sites for hydroxylation is 2. The molecule has 0 saturated carbocycles. The number of hydrogen-bond acceptors (Lipinski definition) is 5. The first-order valence-corrected chi connectivity index (χ1v) is 8.01. The summed E-state index contributed by atoms with van der Waals surface area (Å²) in [4.78, 5) is 18.1. The number of carbonyl (C=O) groups is 1. The molecule has 0 N–H and O–H groups in total. The molecule has 3 aromatic heterocycles. The normalized spacial score (nSPS) is 11.1. The third-order valence-corrected chi connectivity index (χ3v) is 5.12. The zero-order valence-electron chi connectivity index (χ0n) is 11.3. The first-order chi connectivity index (χ1) is 9.69. The molecular formula is C14H14N2O2S2. The molecule has 0 aromatic carbocycles. The Morgan fingerprint density at radius 1 is 1.45 bits per heavy atom. The van der Waals surface area contributed by atoms with Crippen LogP contribution in [0.5, 0.6) is 0 Å². The first kappa shape index (κ1) is 13.3. The Bertz CT molecular complexity index is 754. The molecule has 0 amide bonds. The van der Waals surface area contributed by atoms with E-state index in [1.54, 1.807) is 22.7 Å². The molecular weight excluding hydrogens is 292 g/mol. The number of aromatic nitrogens is 2. The second-order valence-electron chi connectivity index (χ2n) is 4.51. The van der Waals surface area contributed by atoms with Gasteiger partial charge < -0.3 is 4.74 Å². The molecule has 0 spiro atoms. The summed E-state index contributed by atoms with van der Waals surface area (Å²) in [5.74, 6) is -0.182. The summed E-state index contributed by atoms with van der Waals surface area (Å²) in [5, 5.41) is 4.13. The SMILES string of the molecule is COC(=O)CCc1csc2nc(-c3sccc3C)cn12. The van der Waals surface area contributed by atoms with Gasteiger partial charge in [0.15, 0.2) is 4.96 Å². The van der Waals surface area contributed by atoms with E-state index in [4.69, 9.17) is 0 Å². The lowest BCUT2D eigenvalue weighted by atomic mass is 10.2. The topological polar surface area (TPSA) is 43.6 Å². The highest BCUT2D eigenvalue weighted by Gasteiger charge is 2.13. The monoisotopic (exact) mass is 306 g/mol. The molecule has 4 nitrogen and oxygen atoms in total. The molecule has 0 saturated heterocycles. The van der Waals surface area contributed by atoms with Gasteiger partial charge in [-0.2, -0.15) is 0 Å². The Morgan fingerprint density at radius 3 is 3.00 bits per heavy atom. The van der Waals surface area contributed by atoms with E-state index >= 15 is 0 Å². The average molecular weight is 306 g/mol. The minimum atomic E-state index is -0.182. The lowest BCUT2D eigenvalue weighted by Crippen LogP contribution is -2.02. The molecule has 6 heteroatoms. The largest absolute Gasteiger partial charge is 0.469 e. The Labute approximate surface area is 124 Å². The van der Waals surface area contributed by atoms with Crippen molar-refractivity contribution >= 4 is 33.6 Å². The van der Waals surface area contributed by atoms with Crippen LogP contribution in [0.4, 0.5) is 0 Å². The molecule has 20 heavy (non-hydrogen) atoms. The summed E-state index contributed by atoms with van der Waals surface area (Å²) in [6.07, 6.45) is 3.12. The molecule has 0 fully saturated rings. The maximum Gasteiger partial charge on any atom is 0.305 e. The summed E-state index contributed by atoms with van der Waals surface area (Å²) in [7, 11) is 1.42. The van der Waals surface area contributed by atoms with Crippen molar-refractivity contribution in [2.75, 3.05) is 7.11 Å². The fourth-order valence-electron chi connectivity index (χ4n) is 2.09. The van der Waals surface area contributed by atoms with Gasteiger partial charge in [0.05, 0.1) is 18.4 Å². The molecule has 3 aromatic rings. The fraction of sp³-hybridized carbons (Fsp3) is 0.286. The highest BCUT2D eigenvalue weighted by atomic mass is 32.1. The summed E-state index contributed by atoms with van der Waals surface area (Å²) < 4.78 is 6.75. The van der Waals surface area contributed by atoms with Crippen LogP contribution < -0.4 is 0 Å². The van der Waals surface area contributed by atoms with E-state index in [9.17, 15) is 4.79 Å². The van der Waals surface area contributed by atoms with Crippen molar-refractivity contribution in [3.8, 4) is 10.6 Å². The Hall–Kier alpha value is -1.66. The van der Waals surface area contributed by atoms with Gasteiger partial charge in [-0.3, -0.25) is 9.20 Å². The van der Waals surface area contributed by atoms with E-state index in [1.165, 1.54) is 17.6 Å². The zero-order valence-corrected chi connectivity index (χ0v) is 12.9. The molecule has 0 unspecified atom stereocenters. The van der Waals surface area contributed by atoms with Gasteiger partial charge >= 0.3 is 5.97 Å². The number of thiazole rings is 1. The van der Waals surface area contributed by atoms with Crippen LogP contribution >= 0.6 is 22.7 Å². The van der Waals surface area contributed by atoms with E-state index in [0.717, 1.165) is 16.3 Å². The van der Waals surface area contributed by atoms with Crippen LogP contribution in [0.3, 0.4) is 0 Å². The minimum Gasteiger partial charge on any atom is -0.469 e. The zero-order chi connectivity index (χ0) is 14.1. The molecule has 0 aliphatic rings. The number of fused-ring (bicyclic) bond motifs is 1. The molecule has 3 rings (SSSR count). The quantitative estimate of drug-likeness (QED) is 0.693. The van der Waals surface area contributed by atoms with E-state index in [2.05, 4.69) is 44.1 Å². The van der Waals surface area contributed by atoms with Crippen molar-refractivity contribution in [2.24, 2.45) is 0 Å². The van der Waals surface area contributed by atoms with Crippen molar-refractivity contribution in [2.45, 2.75) is 19.8 Å². The van der Waals surface area contributed by atoms with Crippen LogP contribution in [-0.2, 0) is 16.0 Å². The third kappa shape index (κ3) is 2.36. The van der Waals surface area contributed by atoms with Gasteiger partial charge in [0.2, 0.25) is 0 Å². The van der Waals surface area contributed by atoms with Crippen LogP contribution in [0.2, 0.25) is 0 Å². The lowest BCUT2D eigenvalue weighted by molar-refractivity contribution is -0.140. The Morgan fingerprint density at radius 2 is 2.30 bits per heavy atom. The standard InChI is InChI=1S/C14H14N2O2S2/c1-9-5-6-19-13(9)11-7-16-10(3-4-12(17)18-2)8-20-14(16)15-11/h5-8H,3-4H2,1-2H3. The maximum atomic E-state index is 11.2. The van der Waals surface area contributed by atoms with Crippen molar-refractivity contribution in [1.82, 2.24) is 9.38 Å². The summed E-state index contributed by atoms with van der Waals surface area (Å²) in [6.45, 7) is 2.09. The number of methoxy groups -OCH3 is 1. The maximum absolute atomic E-state index is 11.2. The number of nitrogens with zero attached hydrogens (tertiary/aromatic N) is 2. The first-order valence-electron chi connectivity index (χ1n) is 6.26. The van der Waals surface area contributed by atoms with Crippen molar-refractivity contribution in [3.05, 3.63) is 34.3 Å². The second kappa shape index (κ2) is 5.38. The van der Waals surface area contributed by atoms with Crippen LogP contribution in [0.1, 0.15) is 17.7 Å². The van der Waals surface area contributed by atoms with Gasteiger partial charge in [0.25, 0.3) is 0 Å². The molecule has 104 valence electrons. The van der Waals surface area contributed by atoms with Gasteiger partial charge in [0, 0.05) is 17.3 Å². The highest BCUT2D eigenvalue weighted by molar-refractivity contribution is 7.15. The van der Waals surface area contributed by atoms with Gasteiger partial charge in [-0.1, -0.05) is 0 Å². The third-order valence-electron chi connectivity index (χ3n) is 3.19. The van der Waals surface area contributed by atoms with Crippen LogP contribution in [0.25, 0.3) is 15.5 Å².